The number of piperidine rings is 1. The molecule has 6 nitrogen and oxygen atoms in total. The zero-order valence-corrected chi connectivity index (χ0v) is 12.1. The summed E-state index contributed by atoms with van der Waals surface area (Å²) in [5.74, 6) is 1.52. The van der Waals surface area contributed by atoms with Gasteiger partial charge in [0.15, 0.2) is 0 Å². The zero-order chi connectivity index (χ0) is 14.3. The lowest BCUT2D eigenvalue weighted by Gasteiger charge is -2.34. The summed E-state index contributed by atoms with van der Waals surface area (Å²) < 4.78 is 2.73. The van der Waals surface area contributed by atoms with Crippen LogP contribution in [0.25, 0.3) is 0 Å². The van der Waals surface area contributed by atoms with Gasteiger partial charge in [0.05, 0.1) is 0 Å². The van der Waals surface area contributed by atoms with Gasteiger partial charge in [0.2, 0.25) is 0 Å². The number of rotatable bonds is 2. The van der Waals surface area contributed by atoms with Crippen molar-refractivity contribution in [3.8, 4) is 0 Å². The van der Waals surface area contributed by atoms with E-state index in [4.69, 9.17) is 0 Å². The van der Waals surface area contributed by atoms with Crippen molar-refractivity contribution in [3.05, 3.63) is 32.6 Å². The molecule has 110 valence electrons. The summed E-state index contributed by atoms with van der Waals surface area (Å²) in [4.78, 5) is 26.1. The largest absolute Gasteiger partial charge is 0.330 e. The van der Waals surface area contributed by atoms with E-state index in [1.54, 1.807) is 17.7 Å². The Morgan fingerprint density at radius 1 is 1.20 bits per heavy atom. The minimum Gasteiger partial charge on any atom is -0.316 e. The number of likely N-dealkylation sites (tertiary alicyclic amines) is 1. The van der Waals surface area contributed by atoms with Crippen LogP contribution in [0, 0.1) is 11.8 Å². The van der Waals surface area contributed by atoms with Gasteiger partial charge in [-0.15, -0.1) is 0 Å². The van der Waals surface area contributed by atoms with E-state index < -0.39 is 0 Å². The maximum absolute atomic E-state index is 11.9. The molecular formula is C14H22N4O2. The minimum absolute atomic E-state index is 0.222. The quantitative estimate of drug-likeness (QED) is 0.764. The van der Waals surface area contributed by atoms with Crippen molar-refractivity contribution < 1.29 is 0 Å². The van der Waals surface area contributed by atoms with Crippen molar-refractivity contribution in [2.45, 2.75) is 13.0 Å². The Kier molecular flexibility index (Phi) is 3.52. The van der Waals surface area contributed by atoms with E-state index in [2.05, 4.69) is 10.2 Å². The van der Waals surface area contributed by atoms with Gasteiger partial charge in [0.25, 0.3) is 5.56 Å². The summed E-state index contributed by atoms with van der Waals surface area (Å²) in [6.07, 6.45) is 1.20. The Morgan fingerprint density at radius 3 is 2.75 bits per heavy atom. The molecule has 6 heteroatoms. The number of fused-ring (bicyclic) bond motifs is 1. The van der Waals surface area contributed by atoms with Gasteiger partial charge >= 0.3 is 5.69 Å². The standard InChI is InChI=1S/C14H22N4O2/c1-16-12(5-13(19)17(2)14(16)20)9-18-4-3-10-6-15-7-11(10)8-18/h5,10-11,15H,3-4,6-9H2,1-2H3. The monoisotopic (exact) mass is 278 g/mol. The van der Waals surface area contributed by atoms with Gasteiger partial charge in [-0.3, -0.25) is 18.8 Å². The summed E-state index contributed by atoms with van der Waals surface area (Å²) in [6, 6.07) is 1.58. The van der Waals surface area contributed by atoms with Gasteiger partial charge in [0, 0.05) is 38.9 Å². The first-order valence-corrected chi connectivity index (χ1v) is 7.25. The summed E-state index contributed by atoms with van der Waals surface area (Å²) in [6.45, 7) is 5.03. The highest BCUT2D eigenvalue weighted by atomic mass is 16.2. The van der Waals surface area contributed by atoms with E-state index in [1.807, 2.05) is 0 Å². The van der Waals surface area contributed by atoms with Crippen LogP contribution in [0.1, 0.15) is 12.1 Å². The first kappa shape index (κ1) is 13.6. The average Bonchev–Trinajstić information content (AvgIpc) is 2.90. The molecule has 1 aromatic heterocycles. The van der Waals surface area contributed by atoms with Gasteiger partial charge < -0.3 is 5.32 Å². The van der Waals surface area contributed by atoms with Crippen LogP contribution >= 0.6 is 0 Å². The van der Waals surface area contributed by atoms with Crippen LogP contribution in [0.2, 0.25) is 0 Å². The molecule has 2 atom stereocenters. The summed E-state index contributed by atoms with van der Waals surface area (Å²) >= 11 is 0. The van der Waals surface area contributed by atoms with E-state index in [9.17, 15) is 9.59 Å². The lowest BCUT2D eigenvalue weighted by molar-refractivity contribution is 0.139. The van der Waals surface area contributed by atoms with Crippen molar-refractivity contribution in [2.24, 2.45) is 25.9 Å². The summed E-state index contributed by atoms with van der Waals surface area (Å²) in [5, 5.41) is 3.45. The Hall–Kier alpha value is -1.40. The molecule has 3 heterocycles. The molecule has 0 saturated carbocycles. The lowest BCUT2D eigenvalue weighted by Crippen LogP contribution is -2.43. The number of aromatic nitrogens is 2. The van der Waals surface area contributed by atoms with E-state index in [0.717, 1.165) is 42.4 Å². The molecule has 0 aliphatic carbocycles. The van der Waals surface area contributed by atoms with Gasteiger partial charge in [-0.05, 0) is 37.9 Å². The van der Waals surface area contributed by atoms with Crippen molar-refractivity contribution >= 4 is 0 Å². The number of nitrogens with zero attached hydrogens (tertiary/aromatic N) is 3. The predicted octanol–water partition coefficient (Wildman–Crippen LogP) is -0.875. The first-order chi connectivity index (χ1) is 9.56. The highest BCUT2D eigenvalue weighted by Crippen LogP contribution is 2.26. The van der Waals surface area contributed by atoms with Crippen molar-refractivity contribution in [1.29, 1.82) is 0 Å². The fraction of sp³-hybridized carbons (Fsp3) is 0.714. The molecule has 3 rings (SSSR count). The minimum atomic E-state index is -0.245. The summed E-state index contributed by atoms with van der Waals surface area (Å²) in [7, 11) is 3.26. The molecule has 2 aliphatic heterocycles. The maximum Gasteiger partial charge on any atom is 0.330 e. The van der Waals surface area contributed by atoms with E-state index in [-0.39, 0.29) is 11.2 Å². The molecule has 2 fully saturated rings. The Labute approximate surface area is 118 Å². The second-order valence-electron chi connectivity index (χ2n) is 6.08. The van der Waals surface area contributed by atoms with Crippen LogP contribution < -0.4 is 16.6 Å². The van der Waals surface area contributed by atoms with Crippen LogP contribution in [-0.4, -0.2) is 40.2 Å². The average molecular weight is 278 g/mol. The first-order valence-electron chi connectivity index (χ1n) is 7.25. The molecule has 0 amide bonds. The van der Waals surface area contributed by atoms with Crippen molar-refractivity contribution in [2.75, 3.05) is 26.2 Å². The lowest BCUT2D eigenvalue weighted by atomic mass is 9.88. The second-order valence-corrected chi connectivity index (χ2v) is 6.08. The number of hydrogen-bond acceptors (Lipinski definition) is 4. The van der Waals surface area contributed by atoms with E-state index in [0.29, 0.717) is 12.5 Å². The molecule has 0 bridgehead atoms. The van der Waals surface area contributed by atoms with Gasteiger partial charge in [-0.2, -0.15) is 0 Å². The molecule has 2 aliphatic rings. The third kappa shape index (κ3) is 2.33. The number of hydrogen-bond donors (Lipinski definition) is 1. The third-order valence-electron chi connectivity index (χ3n) is 4.80. The normalized spacial score (nSPS) is 26.7. The molecule has 0 aromatic carbocycles. The van der Waals surface area contributed by atoms with Gasteiger partial charge in [-0.25, -0.2) is 4.79 Å². The third-order valence-corrected chi connectivity index (χ3v) is 4.80. The molecule has 0 radical (unpaired) electrons. The molecule has 1 aromatic rings. The molecule has 0 spiro atoms. The van der Waals surface area contributed by atoms with E-state index in [1.165, 1.54) is 13.5 Å². The fourth-order valence-electron chi connectivity index (χ4n) is 3.41. The molecular weight excluding hydrogens is 256 g/mol. The van der Waals surface area contributed by atoms with E-state index >= 15 is 0 Å². The molecule has 20 heavy (non-hydrogen) atoms. The smallest absolute Gasteiger partial charge is 0.316 e. The van der Waals surface area contributed by atoms with Crippen LogP contribution in [-0.2, 0) is 20.6 Å². The molecule has 2 saturated heterocycles. The van der Waals surface area contributed by atoms with Crippen LogP contribution in [0.4, 0.5) is 0 Å². The topological polar surface area (TPSA) is 59.3 Å². The Morgan fingerprint density at radius 2 is 1.95 bits per heavy atom. The zero-order valence-electron chi connectivity index (χ0n) is 12.1. The number of nitrogens with one attached hydrogen (secondary N) is 1. The SMILES string of the molecule is Cn1c(CN2CCC3CNCC3C2)cc(=O)n(C)c1=O. The fourth-order valence-corrected chi connectivity index (χ4v) is 3.41. The van der Waals surface area contributed by atoms with Crippen LogP contribution in [0.5, 0.6) is 0 Å². The summed E-state index contributed by atoms with van der Waals surface area (Å²) in [5.41, 5.74) is 0.341. The highest BCUT2D eigenvalue weighted by Gasteiger charge is 2.32. The predicted molar refractivity (Wildman–Crippen MR) is 76.7 cm³/mol. The Bertz CT molecular complexity index is 619. The molecule has 2 unspecified atom stereocenters. The second kappa shape index (κ2) is 5.18. The Balaban J connectivity index is 1.78. The van der Waals surface area contributed by atoms with Crippen LogP contribution in [0.15, 0.2) is 15.7 Å². The maximum atomic E-state index is 11.9. The van der Waals surface area contributed by atoms with Gasteiger partial charge in [0.1, 0.15) is 0 Å². The van der Waals surface area contributed by atoms with Crippen molar-refractivity contribution in [1.82, 2.24) is 19.4 Å². The molecule has 1 N–H and O–H groups in total. The van der Waals surface area contributed by atoms with Crippen LogP contribution in [0.3, 0.4) is 0 Å². The van der Waals surface area contributed by atoms with Crippen molar-refractivity contribution in [3.63, 3.8) is 0 Å². The highest BCUT2D eigenvalue weighted by molar-refractivity contribution is 5.03. The van der Waals surface area contributed by atoms with Gasteiger partial charge in [-0.1, -0.05) is 0 Å².